The van der Waals surface area contributed by atoms with Crippen LogP contribution >= 0.6 is 10.7 Å². The molecule has 25 heavy (non-hydrogen) atoms. The van der Waals surface area contributed by atoms with Gasteiger partial charge >= 0.3 is 5.97 Å². The number of carbonyl (C=O) groups is 1. The van der Waals surface area contributed by atoms with Crippen LogP contribution < -0.4 is 5.73 Å². The largest absolute Gasteiger partial charge is 0.459 e. The van der Waals surface area contributed by atoms with Gasteiger partial charge in [0.1, 0.15) is 22.6 Å². The van der Waals surface area contributed by atoms with E-state index in [9.17, 15) is 13.2 Å². The van der Waals surface area contributed by atoms with E-state index < -0.39 is 20.7 Å². The summed E-state index contributed by atoms with van der Waals surface area (Å²) in [5.74, 6) is -0.197. The van der Waals surface area contributed by atoms with Crippen LogP contribution in [0.15, 0.2) is 29.2 Å². The maximum atomic E-state index is 11.3. The fourth-order valence-corrected chi connectivity index (χ4v) is 2.43. The number of nitrogens with two attached hydrogens (primary N) is 1. The van der Waals surface area contributed by atoms with E-state index in [0.717, 1.165) is 0 Å². The third kappa shape index (κ3) is 10.1. The van der Waals surface area contributed by atoms with Gasteiger partial charge in [0.2, 0.25) is 0 Å². The molecular formula is C17H27ClN2O4S. The van der Waals surface area contributed by atoms with Crippen LogP contribution in [0.3, 0.4) is 0 Å². The summed E-state index contributed by atoms with van der Waals surface area (Å²) in [7, 11) is 1.27. The Bertz CT molecular complexity index is 704. The molecule has 0 radical (unpaired) electrons. The topological polar surface area (TPSA) is 110 Å². The van der Waals surface area contributed by atoms with Gasteiger partial charge in [-0.3, -0.25) is 4.79 Å². The summed E-state index contributed by atoms with van der Waals surface area (Å²) in [6.07, 6.45) is 0. The van der Waals surface area contributed by atoms with Crippen molar-refractivity contribution < 1.29 is 17.9 Å². The maximum absolute atomic E-state index is 11.3. The number of hydrogen-bond donors (Lipinski definition) is 1. The number of esters is 1. The molecule has 0 spiro atoms. The number of rotatable bonds is 3. The first kappa shape index (κ1) is 25.6. The van der Waals surface area contributed by atoms with Crippen molar-refractivity contribution in [3.05, 3.63) is 29.8 Å². The predicted octanol–water partition coefficient (Wildman–Crippen LogP) is 3.43. The maximum Gasteiger partial charge on any atom is 0.323 e. The van der Waals surface area contributed by atoms with Gasteiger partial charge in [-0.25, -0.2) is 8.42 Å². The van der Waals surface area contributed by atoms with Crippen molar-refractivity contribution in [3.8, 4) is 6.07 Å². The van der Waals surface area contributed by atoms with Crippen molar-refractivity contribution >= 4 is 25.7 Å². The highest BCUT2D eigenvalue weighted by atomic mass is 35.7. The highest BCUT2D eigenvalue weighted by Crippen LogP contribution is 2.18. The van der Waals surface area contributed by atoms with Crippen LogP contribution in [0.1, 0.15) is 47.6 Å². The molecule has 1 aromatic rings. The summed E-state index contributed by atoms with van der Waals surface area (Å²) in [6.45, 7) is 9.29. The molecule has 1 aromatic carbocycles. The second-order valence-corrected chi connectivity index (χ2v) is 8.88. The Balaban J connectivity index is 0. The number of ether oxygens (including phenoxy) is 1. The minimum absolute atomic E-state index is 0. The molecule has 0 aromatic heterocycles. The fourth-order valence-electron chi connectivity index (χ4n) is 1.41. The molecule has 0 aliphatic heterocycles. The van der Waals surface area contributed by atoms with Crippen LogP contribution in [0.25, 0.3) is 0 Å². The Morgan fingerprint density at radius 3 is 2.08 bits per heavy atom. The summed E-state index contributed by atoms with van der Waals surface area (Å²) in [5, 5.41) is 8.51. The molecule has 0 amide bonds. The van der Waals surface area contributed by atoms with Gasteiger partial charge in [-0.1, -0.05) is 33.4 Å². The lowest BCUT2D eigenvalue weighted by Crippen LogP contribution is -2.40. The van der Waals surface area contributed by atoms with Crippen molar-refractivity contribution in [2.24, 2.45) is 11.7 Å². The normalized spacial score (nSPS) is 12.1. The second kappa shape index (κ2) is 10.4. The molecule has 0 aliphatic carbocycles. The third-order valence-electron chi connectivity index (χ3n) is 2.67. The molecule has 0 saturated carbocycles. The third-order valence-corrected chi connectivity index (χ3v) is 4.05. The average molecular weight is 391 g/mol. The lowest BCUT2D eigenvalue weighted by Gasteiger charge is -2.23. The van der Waals surface area contributed by atoms with Gasteiger partial charge < -0.3 is 10.5 Å². The molecule has 2 N–H and O–H groups in total. The number of nitrogens with zero attached hydrogens (tertiary/aromatic N) is 1. The van der Waals surface area contributed by atoms with Crippen LogP contribution in [-0.2, 0) is 18.6 Å². The minimum Gasteiger partial charge on any atom is -0.459 e. The van der Waals surface area contributed by atoms with Gasteiger partial charge in [-0.2, -0.15) is 5.26 Å². The van der Waals surface area contributed by atoms with Crippen molar-refractivity contribution in [3.63, 3.8) is 0 Å². The second-order valence-electron chi connectivity index (χ2n) is 6.35. The average Bonchev–Trinajstić information content (AvgIpc) is 2.44. The van der Waals surface area contributed by atoms with Crippen LogP contribution in [-0.4, -0.2) is 26.0 Å². The highest BCUT2D eigenvalue weighted by molar-refractivity contribution is 8.13. The standard InChI is InChI=1S/C9H19NO2.C7H4ClNO2S.CH4/c1-6(2)7(10)8(11)12-9(3,4)5;8-12(10,11)7-4-2-1-3-6(7)5-9;/h6-7H,10H2,1-5H3;1-4H;1H4/t7-;;/m1../s1. The van der Waals surface area contributed by atoms with Gasteiger partial charge in [0, 0.05) is 10.7 Å². The fraction of sp³-hybridized carbons (Fsp3) is 0.529. The van der Waals surface area contributed by atoms with Gasteiger partial charge in [0.15, 0.2) is 0 Å². The summed E-state index contributed by atoms with van der Waals surface area (Å²) in [4.78, 5) is 11.1. The zero-order chi connectivity index (χ0) is 19.1. The van der Waals surface area contributed by atoms with Crippen LogP contribution in [0.4, 0.5) is 0 Å². The summed E-state index contributed by atoms with van der Waals surface area (Å²) in [6, 6.07) is 7.00. The van der Waals surface area contributed by atoms with Gasteiger partial charge in [-0.05, 0) is 38.8 Å². The van der Waals surface area contributed by atoms with Gasteiger partial charge in [0.25, 0.3) is 9.05 Å². The van der Waals surface area contributed by atoms with Crippen LogP contribution in [0.5, 0.6) is 0 Å². The summed E-state index contributed by atoms with van der Waals surface area (Å²) < 4.78 is 26.8. The molecule has 0 saturated heterocycles. The molecule has 6 nitrogen and oxygen atoms in total. The first-order chi connectivity index (χ1) is 10.8. The van der Waals surface area contributed by atoms with E-state index >= 15 is 0 Å². The molecule has 8 heteroatoms. The lowest BCUT2D eigenvalue weighted by atomic mass is 10.1. The van der Waals surface area contributed by atoms with E-state index in [2.05, 4.69) is 0 Å². The molecule has 0 fully saturated rings. The zero-order valence-corrected chi connectivity index (χ0v) is 16.0. The first-order valence-corrected chi connectivity index (χ1v) is 9.52. The minimum atomic E-state index is -3.80. The monoisotopic (exact) mass is 390 g/mol. The molecule has 0 heterocycles. The van der Waals surface area contributed by atoms with Gasteiger partial charge in [-0.15, -0.1) is 0 Å². The predicted molar refractivity (Wildman–Crippen MR) is 99.6 cm³/mol. The molecule has 1 rings (SSSR count). The smallest absolute Gasteiger partial charge is 0.323 e. The SMILES string of the molecule is C.CC(C)[C@@H](N)C(=O)OC(C)(C)C.N#Cc1ccccc1S(=O)(=O)Cl. The number of benzene rings is 1. The van der Waals surface area contributed by atoms with E-state index in [0.29, 0.717) is 0 Å². The Kier molecular flexibility index (Phi) is 10.6. The van der Waals surface area contributed by atoms with Crippen molar-refractivity contribution in [2.45, 2.75) is 58.6 Å². The van der Waals surface area contributed by atoms with Crippen LogP contribution in [0.2, 0.25) is 0 Å². The Hall–Kier alpha value is -1.62. The Labute approximate surface area is 155 Å². The van der Waals surface area contributed by atoms with E-state index in [4.69, 9.17) is 26.4 Å². The molecule has 0 unspecified atom stereocenters. The Morgan fingerprint density at radius 1 is 1.28 bits per heavy atom. The Morgan fingerprint density at radius 2 is 1.76 bits per heavy atom. The quantitative estimate of drug-likeness (QED) is 0.625. The molecule has 0 aliphatic rings. The first-order valence-electron chi connectivity index (χ1n) is 7.22. The van der Waals surface area contributed by atoms with Crippen molar-refractivity contribution in [1.82, 2.24) is 0 Å². The number of nitriles is 1. The van der Waals surface area contributed by atoms with E-state index in [1.54, 1.807) is 12.1 Å². The van der Waals surface area contributed by atoms with Gasteiger partial charge in [0.05, 0.1) is 5.56 Å². The van der Waals surface area contributed by atoms with E-state index in [1.165, 1.54) is 18.2 Å². The summed E-state index contributed by atoms with van der Waals surface area (Å²) in [5.41, 5.74) is 5.21. The van der Waals surface area contributed by atoms with Crippen LogP contribution in [0, 0.1) is 17.2 Å². The zero-order valence-electron chi connectivity index (χ0n) is 14.4. The number of hydrogen-bond acceptors (Lipinski definition) is 6. The molecule has 142 valence electrons. The van der Waals surface area contributed by atoms with E-state index in [1.807, 2.05) is 34.6 Å². The number of carbonyl (C=O) groups excluding carboxylic acids is 1. The summed E-state index contributed by atoms with van der Waals surface area (Å²) >= 11 is 0. The number of halogens is 1. The van der Waals surface area contributed by atoms with E-state index in [-0.39, 0.29) is 29.8 Å². The van der Waals surface area contributed by atoms with Crippen molar-refractivity contribution in [1.29, 1.82) is 5.26 Å². The molecular weight excluding hydrogens is 364 g/mol. The van der Waals surface area contributed by atoms with Crippen molar-refractivity contribution in [2.75, 3.05) is 0 Å². The molecule has 0 bridgehead atoms. The molecule has 1 atom stereocenters. The highest BCUT2D eigenvalue weighted by Gasteiger charge is 2.23. The lowest BCUT2D eigenvalue weighted by molar-refractivity contribution is -0.157.